The van der Waals surface area contributed by atoms with E-state index in [1.165, 1.54) is 6.42 Å². The number of benzene rings is 1. The SMILES string of the molecule is CC(c1ccccc1)N1CCC(CC(C=O)NC(=O)C(CC2CCCCC2)OC(N)=O)C1=O. The van der Waals surface area contributed by atoms with Gasteiger partial charge in [-0.05, 0) is 37.7 Å². The minimum atomic E-state index is -1.03. The van der Waals surface area contributed by atoms with Crippen LogP contribution in [0.4, 0.5) is 4.79 Å². The summed E-state index contributed by atoms with van der Waals surface area (Å²) >= 11 is 0. The van der Waals surface area contributed by atoms with Crippen molar-refractivity contribution in [3.63, 3.8) is 0 Å². The van der Waals surface area contributed by atoms with Gasteiger partial charge in [0.1, 0.15) is 6.29 Å². The Kier molecular flexibility index (Phi) is 8.86. The Balaban J connectivity index is 1.57. The summed E-state index contributed by atoms with van der Waals surface area (Å²) < 4.78 is 5.08. The van der Waals surface area contributed by atoms with E-state index >= 15 is 0 Å². The molecule has 8 heteroatoms. The van der Waals surface area contributed by atoms with Gasteiger partial charge >= 0.3 is 6.09 Å². The van der Waals surface area contributed by atoms with E-state index in [2.05, 4.69) is 5.32 Å². The van der Waals surface area contributed by atoms with E-state index in [0.717, 1.165) is 31.2 Å². The number of carbonyl (C=O) groups excluding carboxylic acids is 4. The van der Waals surface area contributed by atoms with Gasteiger partial charge in [-0.1, -0.05) is 62.4 Å². The van der Waals surface area contributed by atoms with Gasteiger partial charge in [0.2, 0.25) is 5.91 Å². The lowest BCUT2D eigenvalue weighted by Gasteiger charge is -2.27. The molecule has 8 nitrogen and oxygen atoms in total. The van der Waals surface area contributed by atoms with Crippen LogP contribution in [0.1, 0.15) is 69.9 Å². The molecule has 1 aromatic carbocycles. The summed E-state index contributed by atoms with van der Waals surface area (Å²) in [5.41, 5.74) is 6.24. The minimum absolute atomic E-state index is 0.0143. The Bertz CT molecular complexity index is 825. The van der Waals surface area contributed by atoms with E-state index in [-0.39, 0.29) is 30.2 Å². The second-order valence-corrected chi connectivity index (χ2v) is 9.26. The quantitative estimate of drug-likeness (QED) is 0.523. The molecular weight excluding hydrogens is 422 g/mol. The lowest BCUT2D eigenvalue weighted by atomic mass is 9.85. The fraction of sp³-hybridized carbons (Fsp3) is 0.600. The van der Waals surface area contributed by atoms with Crippen LogP contribution in [0.3, 0.4) is 0 Å². The Morgan fingerprint density at radius 2 is 1.85 bits per heavy atom. The molecule has 0 bridgehead atoms. The molecule has 3 rings (SSSR count). The number of amides is 3. The van der Waals surface area contributed by atoms with E-state index in [4.69, 9.17) is 10.5 Å². The number of likely N-dealkylation sites (tertiary alicyclic amines) is 1. The zero-order chi connectivity index (χ0) is 23.8. The van der Waals surface area contributed by atoms with Gasteiger partial charge < -0.3 is 25.5 Å². The van der Waals surface area contributed by atoms with Gasteiger partial charge in [-0.3, -0.25) is 9.59 Å². The van der Waals surface area contributed by atoms with Crippen LogP contribution in [-0.2, 0) is 19.1 Å². The first kappa shape index (κ1) is 24.7. The first-order valence-corrected chi connectivity index (χ1v) is 12.0. The fourth-order valence-electron chi connectivity index (χ4n) is 5.08. The number of hydrogen-bond acceptors (Lipinski definition) is 5. The van der Waals surface area contributed by atoms with Crippen molar-refractivity contribution in [2.75, 3.05) is 6.54 Å². The van der Waals surface area contributed by atoms with Crippen molar-refractivity contribution in [1.82, 2.24) is 10.2 Å². The van der Waals surface area contributed by atoms with Crippen LogP contribution in [-0.4, -0.2) is 47.8 Å². The average molecular weight is 458 g/mol. The monoisotopic (exact) mass is 457 g/mol. The number of carbonyl (C=O) groups is 4. The lowest BCUT2D eigenvalue weighted by molar-refractivity contribution is -0.135. The van der Waals surface area contributed by atoms with Crippen LogP contribution >= 0.6 is 0 Å². The molecule has 0 spiro atoms. The number of nitrogens with zero attached hydrogens (tertiary/aromatic N) is 1. The molecule has 1 aliphatic carbocycles. The van der Waals surface area contributed by atoms with Crippen LogP contribution in [0.2, 0.25) is 0 Å². The number of nitrogens with one attached hydrogen (secondary N) is 1. The van der Waals surface area contributed by atoms with Gasteiger partial charge in [0.15, 0.2) is 6.10 Å². The first-order valence-electron chi connectivity index (χ1n) is 12.0. The number of ether oxygens (including phenoxy) is 1. The molecule has 1 aliphatic heterocycles. The molecule has 2 fully saturated rings. The molecule has 1 heterocycles. The summed E-state index contributed by atoms with van der Waals surface area (Å²) in [7, 11) is 0. The van der Waals surface area contributed by atoms with Gasteiger partial charge in [0.25, 0.3) is 5.91 Å². The molecule has 4 atom stereocenters. The number of primary amides is 1. The van der Waals surface area contributed by atoms with Gasteiger partial charge in [0, 0.05) is 12.5 Å². The van der Waals surface area contributed by atoms with Crippen molar-refractivity contribution in [3.8, 4) is 0 Å². The molecule has 4 unspecified atom stereocenters. The van der Waals surface area contributed by atoms with Crippen molar-refractivity contribution < 1.29 is 23.9 Å². The Morgan fingerprint density at radius 3 is 2.48 bits per heavy atom. The summed E-state index contributed by atoms with van der Waals surface area (Å²) in [5.74, 6) is -0.607. The van der Waals surface area contributed by atoms with Crippen LogP contribution in [0.25, 0.3) is 0 Å². The lowest BCUT2D eigenvalue weighted by Crippen LogP contribution is -2.46. The first-order chi connectivity index (χ1) is 15.9. The van der Waals surface area contributed by atoms with Gasteiger partial charge in [-0.15, -0.1) is 0 Å². The van der Waals surface area contributed by atoms with E-state index < -0.39 is 24.1 Å². The van der Waals surface area contributed by atoms with Crippen molar-refractivity contribution in [3.05, 3.63) is 35.9 Å². The topological polar surface area (TPSA) is 119 Å². The Labute approximate surface area is 195 Å². The zero-order valence-corrected chi connectivity index (χ0v) is 19.3. The maximum absolute atomic E-state index is 13.0. The standard InChI is InChI=1S/C25H35N3O5/c1-17(19-10-6-3-7-11-19)28-13-12-20(24(28)31)15-21(16-29)27-23(30)22(33-25(26)32)14-18-8-4-2-5-9-18/h3,6-7,10-11,16-18,20-22H,2,4-5,8-9,12-15H2,1H3,(H2,26,32)(H,27,30). The maximum atomic E-state index is 13.0. The van der Waals surface area contributed by atoms with Crippen LogP contribution < -0.4 is 11.1 Å². The molecule has 3 amide bonds. The predicted octanol–water partition coefficient (Wildman–Crippen LogP) is 3.10. The Hall–Kier alpha value is -2.90. The number of hydrogen-bond donors (Lipinski definition) is 2. The van der Waals surface area contributed by atoms with Gasteiger partial charge in [-0.25, -0.2) is 4.79 Å². The van der Waals surface area contributed by atoms with E-state index in [1.54, 1.807) is 0 Å². The predicted molar refractivity (Wildman–Crippen MR) is 123 cm³/mol. The highest BCUT2D eigenvalue weighted by molar-refractivity contribution is 5.86. The molecule has 0 radical (unpaired) electrons. The molecule has 1 aromatic rings. The summed E-state index contributed by atoms with van der Waals surface area (Å²) in [6.07, 6.45) is 5.17. The third-order valence-corrected chi connectivity index (χ3v) is 6.95. The smallest absolute Gasteiger partial charge is 0.405 e. The highest BCUT2D eigenvalue weighted by atomic mass is 16.6. The summed E-state index contributed by atoms with van der Waals surface area (Å²) in [6.45, 7) is 2.60. The molecule has 180 valence electrons. The highest BCUT2D eigenvalue weighted by Gasteiger charge is 2.37. The van der Waals surface area contributed by atoms with E-state index in [0.29, 0.717) is 25.7 Å². The third-order valence-electron chi connectivity index (χ3n) is 6.95. The molecule has 1 saturated carbocycles. The largest absolute Gasteiger partial charge is 0.436 e. The van der Waals surface area contributed by atoms with Crippen molar-refractivity contribution >= 4 is 24.2 Å². The van der Waals surface area contributed by atoms with E-state index in [9.17, 15) is 19.2 Å². The van der Waals surface area contributed by atoms with Crippen molar-refractivity contribution in [1.29, 1.82) is 0 Å². The normalized spacial score (nSPS) is 21.8. The van der Waals surface area contributed by atoms with Crippen LogP contribution in [0.5, 0.6) is 0 Å². The summed E-state index contributed by atoms with van der Waals surface area (Å²) in [5, 5.41) is 2.67. The number of nitrogens with two attached hydrogens (primary N) is 1. The summed E-state index contributed by atoms with van der Waals surface area (Å²) in [4.78, 5) is 50.8. The Morgan fingerprint density at radius 1 is 1.15 bits per heavy atom. The van der Waals surface area contributed by atoms with Gasteiger partial charge in [0.05, 0.1) is 12.1 Å². The minimum Gasteiger partial charge on any atom is -0.436 e. The molecule has 33 heavy (non-hydrogen) atoms. The molecule has 3 N–H and O–H groups in total. The average Bonchev–Trinajstić information content (AvgIpc) is 3.18. The second kappa shape index (κ2) is 11.8. The van der Waals surface area contributed by atoms with Crippen LogP contribution in [0.15, 0.2) is 30.3 Å². The van der Waals surface area contributed by atoms with Crippen molar-refractivity contribution in [2.45, 2.75) is 76.5 Å². The maximum Gasteiger partial charge on any atom is 0.405 e. The molecule has 0 aromatic heterocycles. The zero-order valence-electron chi connectivity index (χ0n) is 19.3. The van der Waals surface area contributed by atoms with Crippen LogP contribution in [0, 0.1) is 11.8 Å². The second-order valence-electron chi connectivity index (χ2n) is 9.26. The highest BCUT2D eigenvalue weighted by Crippen LogP contribution is 2.31. The third kappa shape index (κ3) is 6.79. The molecule has 1 saturated heterocycles. The van der Waals surface area contributed by atoms with Crippen molar-refractivity contribution in [2.24, 2.45) is 17.6 Å². The molecular formula is C25H35N3O5. The summed E-state index contributed by atoms with van der Waals surface area (Å²) in [6, 6.07) is 8.92. The van der Waals surface area contributed by atoms with E-state index in [1.807, 2.05) is 42.2 Å². The fourth-order valence-corrected chi connectivity index (χ4v) is 5.08. The molecule has 2 aliphatic rings. The number of aldehydes is 1. The van der Waals surface area contributed by atoms with Gasteiger partial charge in [-0.2, -0.15) is 0 Å². The number of rotatable bonds is 10.